The van der Waals surface area contributed by atoms with Gasteiger partial charge in [0.05, 0.1) is 16.0 Å². The number of fused-ring (bicyclic) bond motifs is 2. The molecule has 0 amide bonds. The van der Waals surface area contributed by atoms with Crippen LogP contribution in [0.2, 0.25) is 0 Å². The maximum atomic E-state index is 11.5. The van der Waals surface area contributed by atoms with Gasteiger partial charge in [0.25, 0.3) is 0 Å². The molecule has 6 aromatic rings. The normalized spacial score (nSPS) is 11.1. The van der Waals surface area contributed by atoms with E-state index in [9.17, 15) is 32.8 Å². The standard InChI is InChI=1S/C32H24N6O7S.Na/c1-17-12-24(10-11-27(17)46(43,44)45)33-30-36-31(34-25-8-6-18-13-22(28(39)40)4-2-20(18)15-25)38-32(37-30)35-26-9-7-19-14-23(29(41)42)5-3-21(19)16-26;/h2-16H,1H3,(H,39,40)(H,41,42)(H,43,44,45)(H3,33,34,35,36,37,38);/q;+1/p-1. The van der Waals surface area contributed by atoms with Gasteiger partial charge in [0.15, 0.2) is 0 Å². The van der Waals surface area contributed by atoms with E-state index in [2.05, 4.69) is 30.9 Å². The minimum atomic E-state index is -4.65. The second kappa shape index (κ2) is 13.3. The van der Waals surface area contributed by atoms with Gasteiger partial charge in [-0.2, -0.15) is 15.0 Å². The number of rotatable bonds is 9. The Bertz CT molecular complexity index is 2200. The Kier molecular flexibility index (Phi) is 9.42. The quantitative estimate of drug-likeness (QED) is 0.112. The molecule has 1 aromatic heterocycles. The van der Waals surface area contributed by atoms with E-state index in [0.717, 1.165) is 21.5 Å². The number of nitrogens with one attached hydrogen (secondary N) is 3. The summed E-state index contributed by atoms with van der Waals surface area (Å²) in [5.41, 5.74) is 2.23. The van der Waals surface area contributed by atoms with E-state index in [-0.39, 0.29) is 69.0 Å². The molecule has 0 saturated heterocycles. The van der Waals surface area contributed by atoms with E-state index in [4.69, 9.17) is 0 Å². The second-order valence-electron chi connectivity index (χ2n) is 10.3. The maximum Gasteiger partial charge on any atom is 1.00 e. The third-order valence-corrected chi connectivity index (χ3v) is 8.02. The molecule has 0 radical (unpaired) electrons. The molecule has 0 aliphatic rings. The molecule has 0 fully saturated rings. The van der Waals surface area contributed by atoms with Crippen molar-refractivity contribution in [2.75, 3.05) is 16.0 Å². The number of aromatic nitrogens is 3. The van der Waals surface area contributed by atoms with Crippen LogP contribution >= 0.6 is 0 Å². The number of hydrogen-bond donors (Lipinski definition) is 5. The van der Waals surface area contributed by atoms with Gasteiger partial charge in [-0.15, -0.1) is 0 Å². The minimum absolute atomic E-state index is 0. The fraction of sp³-hybridized carbons (Fsp3) is 0.0312. The number of benzene rings is 5. The SMILES string of the molecule is Cc1cc(Nc2nc(Nc3ccc4cc(C(=O)O)ccc4c3)nc(Nc3ccc4cc(C(=O)O)ccc4c3)n2)ccc1S(=O)(=O)[O-].[Na+]. The van der Waals surface area contributed by atoms with Crippen LogP contribution in [0.25, 0.3) is 21.5 Å². The van der Waals surface area contributed by atoms with E-state index >= 15 is 0 Å². The Morgan fingerprint density at radius 3 is 1.34 bits per heavy atom. The molecular formula is C32H23N6NaO7S. The topological polar surface area (TPSA) is 207 Å². The first kappa shape index (κ1) is 33.2. The molecule has 230 valence electrons. The molecule has 0 saturated carbocycles. The predicted octanol–water partition coefficient (Wildman–Crippen LogP) is 3.02. The smallest absolute Gasteiger partial charge is 0.744 e. The number of aryl methyl sites for hydroxylation is 1. The monoisotopic (exact) mass is 658 g/mol. The van der Waals surface area contributed by atoms with Gasteiger partial charge in [-0.1, -0.05) is 24.3 Å². The average molecular weight is 659 g/mol. The third kappa shape index (κ3) is 7.65. The van der Waals surface area contributed by atoms with Crippen molar-refractivity contribution >= 4 is 78.5 Å². The van der Waals surface area contributed by atoms with Gasteiger partial charge < -0.3 is 30.7 Å². The van der Waals surface area contributed by atoms with Crippen LogP contribution in [0, 0.1) is 6.92 Å². The van der Waals surface area contributed by atoms with Gasteiger partial charge in [0.2, 0.25) is 17.8 Å². The van der Waals surface area contributed by atoms with Crippen LogP contribution in [0.15, 0.2) is 95.9 Å². The number of nitrogens with zero attached hydrogens (tertiary/aromatic N) is 3. The first-order chi connectivity index (χ1) is 21.9. The van der Waals surface area contributed by atoms with Gasteiger partial charge in [-0.3, -0.25) is 0 Å². The summed E-state index contributed by atoms with van der Waals surface area (Å²) in [7, 11) is -4.65. The van der Waals surface area contributed by atoms with E-state index in [0.29, 0.717) is 17.1 Å². The summed E-state index contributed by atoms with van der Waals surface area (Å²) >= 11 is 0. The fourth-order valence-electron chi connectivity index (χ4n) is 4.85. The molecule has 0 spiro atoms. The van der Waals surface area contributed by atoms with Crippen LogP contribution in [0.3, 0.4) is 0 Å². The Labute approximate surface area is 289 Å². The van der Waals surface area contributed by atoms with Crippen molar-refractivity contribution in [3.63, 3.8) is 0 Å². The number of carboxylic acids is 2. The molecule has 0 aliphatic heterocycles. The zero-order valence-corrected chi connectivity index (χ0v) is 27.7. The van der Waals surface area contributed by atoms with Gasteiger partial charge in [0.1, 0.15) is 10.1 Å². The largest absolute Gasteiger partial charge is 1.00 e. The number of aromatic carboxylic acids is 2. The molecule has 15 heteroatoms. The average Bonchev–Trinajstić information content (AvgIpc) is 2.99. The second-order valence-corrected chi connectivity index (χ2v) is 11.6. The number of anilines is 6. The molecule has 0 unspecified atom stereocenters. The van der Waals surface area contributed by atoms with Crippen LogP contribution in [-0.2, 0) is 10.1 Å². The number of hydrogen-bond acceptors (Lipinski definition) is 11. The van der Waals surface area contributed by atoms with Crippen molar-refractivity contribution in [3.05, 3.63) is 108 Å². The number of carboxylic acid groups (broad SMARTS) is 2. The molecule has 5 aromatic carbocycles. The van der Waals surface area contributed by atoms with E-state index < -0.39 is 22.1 Å². The van der Waals surface area contributed by atoms with Gasteiger partial charge in [-0.25, -0.2) is 18.0 Å². The molecule has 47 heavy (non-hydrogen) atoms. The number of carbonyl (C=O) groups is 2. The summed E-state index contributed by atoms with van der Waals surface area (Å²) in [5.74, 6) is -1.67. The molecular weight excluding hydrogens is 635 g/mol. The maximum absolute atomic E-state index is 11.5. The van der Waals surface area contributed by atoms with Crippen molar-refractivity contribution in [2.45, 2.75) is 11.8 Å². The summed E-state index contributed by atoms with van der Waals surface area (Å²) in [6, 6.07) is 24.3. The molecule has 13 nitrogen and oxygen atoms in total. The van der Waals surface area contributed by atoms with E-state index in [1.54, 1.807) is 48.5 Å². The first-order valence-electron chi connectivity index (χ1n) is 13.6. The van der Waals surface area contributed by atoms with Crippen molar-refractivity contribution in [1.29, 1.82) is 0 Å². The zero-order chi connectivity index (χ0) is 32.6. The summed E-state index contributed by atoms with van der Waals surface area (Å²) in [5, 5.41) is 30.9. The fourth-order valence-corrected chi connectivity index (χ4v) is 5.54. The Morgan fingerprint density at radius 2 is 0.957 bits per heavy atom. The summed E-state index contributed by atoms with van der Waals surface area (Å²) in [6.07, 6.45) is 0. The Hall–Kier alpha value is -5.12. The van der Waals surface area contributed by atoms with Gasteiger partial charge in [-0.05, 0) is 101 Å². The van der Waals surface area contributed by atoms with E-state index in [1.165, 1.54) is 37.3 Å². The summed E-state index contributed by atoms with van der Waals surface area (Å²) < 4.78 is 34.6. The Morgan fingerprint density at radius 1 is 0.596 bits per heavy atom. The van der Waals surface area contributed by atoms with Gasteiger partial charge >= 0.3 is 41.5 Å². The van der Waals surface area contributed by atoms with Crippen LogP contribution in [0.1, 0.15) is 26.3 Å². The molecule has 0 aliphatic carbocycles. The van der Waals surface area contributed by atoms with Crippen molar-refractivity contribution in [3.8, 4) is 0 Å². The van der Waals surface area contributed by atoms with Crippen molar-refractivity contribution in [2.24, 2.45) is 0 Å². The summed E-state index contributed by atoms with van der Waals surface area (Å²) in [6.45, 7) is 1.50. The molecule has 1 heterocycles. The third-order valence-electron chi connectivity index (χ3n) is 7.02. The molecule has 6 rings (SSSR count). The van der Waals surface area contributed by atoms with Crippen molar-refractivity contribution in [1.82, 2.24) is 15.0 Å². The van der Waals surface area contributed by atoms with Crippen LogP contribution in [0.4, 0.5) is 34.9 Å². The van der Waals surface area contributed by atoms with Crippen LogP contribution in [-0.4, -0.2) is 50.1 Å². The molecule has 0 atom stereocenters. The van der Waals surface area contributed by atoms with Crippen LogP contribution < -0.4 is 45.5 Å². The van der Waals surface area contributed by atoms with Crippen LogP contribution in [0.5, 0.6) is 0 Å². The molecule has 0 bridgehead atoms. The minimum Gasteiger partial charge on any atom is -0.744 e. The molecule has 5 N–H and O–H groups in total. The van der Waals surface area contributed by atoms with Gasteiger partial charge in [0, 0.05) is 17.1 Å². The predicted molar refractivity (Wildman–Crippen MR) is 171 cm³/mol. The summed E-state index contributed by atoms with van der Waals surface area (Å²) in [4.78, 5) is 35.8. The first-order valence-corrected chi connectivity index (χ1v) is 15.0. The van der Waals surface area contributed by atoms with E-state index in [1.807, 2.05) is 12.1 Å². The zero-order valence-electron chi connectivity index (χ0n) is 24.8. The van der Waals surface area contributed by atoms with Crippen molar-refractivity contribution < 1.29 is 62.3 Å². The Balaban J connectivity index is 0.00000433.